The van der Waals surface area contributed by atoms with Crippen LogP contribution < -0.4 is 5.32 Å². The van der Waals surface area contributed by atoms with E-state index in [9.17, 15) is 18.0 Å². The zero-order valence-corrected chi connectivity index (χ0v) is 17.8. The molecule has 1 N–H and O–H groups in total. The van der Waals surface area contributed by atoms with Crippen LogP contribution in [0.5, 0.6) is 0 Å². The molecule has 29 heavy (non-hydrogen) atoms. The summed E-state index contributed by atoms with van der Waals surface area (Å²) >= 11 is 6.14. The van der Waals surface area contributed by atoms with Crippen LogP contribution in [0, 0.1) is 0 Å². The monoisotopic (exact) mass is 443 g/mol. The second-order valence-electron chi connectivity index (χ2n) is 7.19. The van der Waals surface area contributed by atoms with Gasteiger partial charge in [-0.1, -0.05) is 24.4 Å². The minimum Gasteiger partial charge on any atom is -0.379 e. The Hall–Kier alpha value is -1.68. The molecule has 10 heteroatoms. The van der Waals surface area contributed by atoms with E-state index < -0.39 is 10.0 Å². The van der Waals surface area contributed by atoms with Crippen LogP contribution in [0.25, 0.3) is 0 Å². The zero-order chi connectivity index (χ0) is 20.9. The number of benzene rings is 1. The molecule has 0 bridgehead atoms. The molecule has 0 atom stereocenters. The molecule has 0 radical (unpaired) electrons. The van der Waals surface area contributed by atoms with Crippen molar-refractivity contribution < 1.29 is 22.7 Å². The lowest BCUT2D eigenvalue weighted by Gasteiger charge is -2.26. The van der Waals surface area contributed by atoms with Crippen LogP contribution in [0.2, 0.25) is 5.02 Å². The number of nitrogens with one attached hydrogen (secondary N) is 1. The Bertz CT molecular complexity index is 855. The summed E-state index contributed by atoms with van der Waals surface area (Å²) in [5.41, 5.74) is 0.325. The largest absolute Gasteiger partial charge is 0.379 e. The molecule has 0 aromatic heterocycles. The average molecular weight is 444 g/mol. The van der Waals surface area contributed by atoms with Crippen LogP contribution in [0.3, 0.4) is 0 Å². The van der Waals surface area contributed by atoms with Crippen molar-refractivity contribution in [1.29, 1.82) is 0 Å². The number of nitrogens with zero attached hydrogens (tertiary/aromatic N) is 2. The topological polar surface area (TPSA) is 96.0 Å². The highest BCUT2D eigenvalue weighted by Gasteiger charge is 2.29. The third-order valence-electron chi connectivity index (χ3n) is 5.06. The molecule has 160 valence electrons. The molecule has 0 aliphatic carbocycles. The summed E-state index contributed by atoms with van der Waals surface area (Å²) in [6.07, 6.45) is 4.26. The molecule has 2 aliphatic rings. The van der Waals surface area contributed by atoms with Gasteiger partial charge in [-0.2, -0.15) is 4.31 Å². The Kier molecular flexibility index (Phi) is 7.50. The van der Waals surface area contributed by atoms with Crippen LogP contribution in [-0.2, 0) is 24.3 Å². The van der Waals surface area contributed by atoms with E-state index in [1.54, 1.807) is 11.0 Å². The molecule has 3 rings (SSSR count). The van der Waals surface area contributed by atoms with E-state index in [1.807, 2.05) is 0 Å². The fraction of sp³-hybridized carbons (Fsp3) is 0.579. The molecule has 2 fully saturated rings. The predicted octanol–water partition coefficient (Wildman–Crippen LogP) is 2.09. The number of carbonyl (C=O) groups excluding carboxylic acids is 2. The van der Waals surface area contributed by atoms with Crippen molar-refractivity contribution in [3.8, 4) is 0 Å². The lowest BCUT2D eigenvalue weighted by Crippen LogP contribution is -2.40. The number of anilines is 1. The second kappa shape index (κ2) is 9.88. The fourth-order valence-corrected chi connectivity index (χ4v) is 5.37. The van der Waals surface area contributed by atoms with E-state index in [4.69, 9.17) is 16.3 Å². The van der Waals surface area contributed by atoms with Gasteiger partial charge in [0.05, 0.1) is 24.8 Å². The standard InChI is InChI=1S/C19H26ClN3O5S/c20-16-7-6-15(13-17(16)29(26,27)23-9-11-28-12-10-23)21-18(24)14-22-8-4-2-1-3-5-19(22)25/h6-7,13H,1-5,8-12,14H2,(H,21,24). The van der Waals surface area contributed by atoms with Crippen molar-refractivity contribution in [1.82, 2.24) is 9.21 Å². The quantitative estimate of drug-likeness (QED) is 0.751. The number of sulfonamides is 1. The van der Waals surface area contributed by atoms with Gasteiger partial charge in [-0.25, -0.2) is 8.42 Å². The van der Waals surface area contributed by atoms with Gasteiger partial charge in [0.15, 0.2) is 0 Å². The minimum absolute atomic E-state index is 0.0217. The molecule has 2 saturated heterocycles. The van der Waals surface area contributed by atoms with E-state index >= 15 is 0 Å². The highest BCUT2D eigenvalue weighted by molar-refractivity contribution is 7.89. The van der Waals surface area contributed by atoms with E-state index in [0.29, 0.717) is 31.9 Å². The van der Waals surface area contributed by atoms with Gasteiger partial charge >= 0.3 is 0 Å². The summed E-state index contributed by atoms with van der Waals surface area (Å²) < 4.78 is 32.3. The first kappa shape index (κ1) is 22.0. The number of hydrogen-bond acceptors (Lipinski definition) is 5. The van der Waals surface area contributed by atoms with Crippen LogP contribution >= 0.6 is 11.6 Å². The summed E-state index contributed by atoms with van der Waals surface area (Å²) in [7, 11) is -3.79. The van der Waals surface area contributed by atoms with Crippen molar-refractivity contribution in [2.45, 2.75) is 37.0 Å². The van der Waals surface area contributed by atoms with Crippen LogP contribution in [0.4, 0.5) is 5.69 Å². The number of morpholine rings is 1. The predicted molar refractivity (Wildman–Crippen MR) is 109 cm³/mol. The van der Waals surface area contributed by atoms with E-state index in [0.717, 1.165) is 25.7 Å². The third-order valence-corrected chi connectivity index (χ3v) is 7.44. The summed E-state index contributed by atoms with van der Waals surface area (Å²) in [6, 6.07) is 4.36. The highest BCUT2D eigenvalue weighted by atomic mass is 35.5. The fourth-order valence-electron chi connectivity index (χ4n) is 3.46. The van der Waals surface area contributed by atoms with Crippen molar-refractivity contribution in [2.24, 2.45) is 0 Å². The molecule has 2 aliphatic heterocycles. The maximum Gasteiger partial charge on any atom is 0.244 e. The molecular formula is C19H26ClN3O5S. The maximum absolute atomic E-state index is 12.9. The molecule has 2 heterocycles. The Morgan fingerprint density at radius 1 is 1.10 bits per heavy atom. The van der Waals surface area contributed by atoms with Crippen molar-refractivity contribution in [3.63, 3.8) is 0 Å². The third kappa shape index (κ3) is 5.69. The van der Waals surface area contributed by atoms with Crippen molar-refractivity contribution >= 4 is 39.1 Å². The summed E-state index contributed by atoms with van der Waals surface area (Å²) in [5, 5.41) is 2.78. The van der Waals surface area contributed by atoms with Gasteiger partial charge in [0.2, 0.25) is 21.8 Å². The minimum atomic E-state index is -3.79. The van der Waals surface area contributed by atoms with Gasteiger partial charge in [-0.15, -0.1) is 0 Å². The van der Waals surface area contributed by atoms with Gasteiger partial charge in [0.25, 0.3) is 0 Å². The SMILES string of the molecule is O=C(CN1CCCCCCC1=O)Nc1ccc(Cl)c(S(=O)(=O)N2CCOCC2)c1. The first-order valence-electron chi connectivity index (χ1n) is 9.83. The van der Waals surface area contributed by atoms with Crippen molar-refractivity contribution in [3.05, 3.63) is 23.2 Å². The molecule has 0 unspecified atom stereocenters. The zero-order valence-electron chi connectivity index (χ0n) is 16.2. The second-order valence-corrected chi connectivity index (χ2v) is 9.50. The Labute approximate surface area is 176 Å². The van der Waals surface area contributed by atoms with Crippen LogP contribution in [0.1, 0.15) is 32.1 Å². The Morgan fingerprint density at radius 3 is 2.59 bits per heavy atom. The van der Waals surface area contributed by atoms with Gasteiger partial charge in [-0.3, -0.25) is 9.59 Å². The lowest BCUT2D eigenvalue weighted by atomic mass is 10.1. The number of likely N-dealkylation sites (tertiary alicyclic amines) is 1. The first-order chi connectivity index (χ1) is 13.9. The normalized spacial score (nSPS) is 19.5. The van der Waals surface area contributed by atoms with Gasteiger partial charge in [0, 0.05) is 31.7 Å². The first-order valence-corrected chi connectivity index (χ1v) is 11.6. The Morgan fingerprint density at radius 2 is 1.83 bits per heavy atom. The van der Waals surface area contributed by atoms with Gasteiger partial charge in [0.1, 0.15) is 4.90 Å². The summed E-state index contributed by atoms with van der Waals surface area (Å²) in [5.74, 6) is -0.387. The average Bonchev–Trinajstić information content (AvgIpc) is 2.70. The molecule has 1 aromatic rings. The molecule has 0 saturated carbocycles. The Balaban J connectivity index is 1.70. The number of ether oxygens (including phenoxy) is 1. The van der Waals surface area contributed by atoms with Crippen LogP contribution in [-0.4, -0.2) is 68.8 Å². The molecule has 8 nitrogen and oxygen atoms in total. The van der Waals surface area contributed by atoms with Crippen molar-refractivity contribution in [2.75, 3.05) is 44.7 Å². The number of amides is 2. The number of rotatable bonds is 5. The molecule has 0 spiro atoms. The lowest BCUT2D eigenvalue weighted by molar-refractivity contribution is -0.135. The molecule has 1 aromatic carbocycles. The van der Waals surface area contributed by atoms with E-state index in [-0.39, 0.29) is 41.4 Å². The summed E-state index contributed by atoms with van der Waals surface area (Å²) in [4.78, 5) is 26.2. The smallest absolute Gasteiger partial charge is 0.244 e. The highest BCUT2D eigenvalue weighted by Crippen LogP contribution is 2.28. The summed E-state index contributed by atoms with van der Waals surface area (Å²) in [6.45, 7) is 1.68. The maximum atomic E-state index is 12.9. The molecular weight excluding hydrogens is 418 g/mol. The van der Waals surface area contributed by atoms with Gasteiger partial charge < -0.3 is 15.0 Å². The van der Waals surface area contributed by atoms with Gasteiger partial charge in [-0.05, 0) is 31.0 Å². The number of halogens is 1. The van der Waals surface area contributed by atoms with Crippen LogP contribution in [0.15, 0.2) is 23.1 Å². The van der Waals surface area contributed by atoms with E-state index in [1.165, 1.54) is 16.4 Å². The number of hydrogen-bond donors (Lipinski definition) is 1. The number of carbonyl (C=O) groups is 2. The van der Waals surface area contributed by atoms with E-state index in [2.05, 4.69) is 5.32 Å². The molecule has 2 amide bonds.